The predicted octanol–water partition coefficient (Wildman–Crippen LogP) is 4.20. The van der Waals surface area contributed by atoms with Crippen LogP contribution in [-0.2, 0) is 17.9 Å². The van der Waals surface area contributed by atoms with Crippen molar-refractivity contribution in [1.29, 1.82) is 0 Å². The molecule has 5 nitrogen and oxygen atoms in total. The summed E-state index contributed by atoms with van der Waals surface area (Å²) in [5.41, 5.74) is 1.83. The minimum Gasteiger partial charge on any atom is -0.493 e. The molecule has 146 valence electrons. The Morgan fingerprint density at radius 2 is 1.89 bits per heavy atom. The first-order valence-corrected chi connectivity index (χ1v) is 9.38. The van der Waals surface area contributed by atoms with Gasteiger partial charge in [-0.2, -0.15) is 0 Å². The van der Waals surface area contributed by atoms with E-state index in [-0.39, 0.29) is 18.5 Å². The molecule has 0 bridgehead atoms. The third-order valence-corrected chi connectivity index (χ3v) is 4.28. The van der Waals surface area contributed by atoms with E-state index in [4.69, 9.17) is 32.7 Å². The van der Waals surface area contributed by atoms with E-state index < -0.39 is 0 Å². The molecule has 0 unspecified atom stereocenters. The highest BCUT2D eigenvalue weighted by Gasteiger charge is 2.09. The number of benzene rings is 2. The lowest BCUT2D eigenvalue weighted by Gasteiger charge is -2.14. The van der Waals surface area contributed by atoms with Crippen molar-refractivity contribution in [3.8, 4) is 11.5 Å². The van der Waals surface area contributed by atoms with Gasteiger partial charge in [0.15, 0.2) is 11.5 Å². The molecule has 0 aliphatic heterocycles. The Balaban J connectivity index is 1.94. The maximum atomic E-state index is 11.7. The molecule has 0 radical (unpaired) electrons. The van der Waals surface area contributed by atoms with Gasteiger partial charge < -0.3 is 20.1 Å². The van der Waals surface area contributed by atoms with E-state index in [1.54, 1.807) is 19.2 Å². The molecule has 2 N–H and O–H groups in total. The molecule has 2 aromatic rings. The fourth-order valence-corrected chi connectivity index (χ4v) is 2.89. The molecule has 1 amide bonds. The minimum absolute atomic E-state index is 0.0308. The lowest BCUT2D eigenvalue weighted by atomic mass is 10.2. The van der Waals surface area contributed by atoms with E-state index in [2.05, 4.69) is 10.6 Å². The van der Waals surface area contributed by atoms with Crippen LogP contribution in [0, 0.1) is 0 Å². The van der Waals surface area contributed by atoms with Crippen LogP contribution in [0.4, 0.5) is 0 Å². The highest BCUT2D eigenvalue weighted by Crippen LogP contribution is 2.30. The van der Waals surface area contributed by atoms with Gasteiger partial charge in [0.1, 0.15) is 6.61 Å². The van der Waals surface area contributed by atoms with Gasteiger partial charge >= 0.3 is 0 Å². The fourth-order valence-electron chi connectivity index (χ4n) is 2.43. The van der Waals surface area contributed by atoms with Gasteiger partial charge in [-0.3, -0.25) is 4.79 Å². The van der Waals surface area contributed by atoms with Gasteiger partial charge in [0.25, 0.3) is 0 Å². The normalized spacial score (nSPS) is 10.7. The SMILES string of the molecule is COc1cc(CNCC(=O)NC(C)C)ccc1OCc1ccc(Cl)cc1Cl. The van der Waals surface area contributed by atoms with Gasteiger partial charge in [-0.15, -0.1) is 0 Å². The van der Waals surface area contributed by atoms with Gasteiger partial charge in [-0.05, 0) is 43.7 Å². The highest BCUT2D eigenvalue weighted by atomic mass is 35.5. The van der Waals surface area contributed by atoms with Crippen LogP contribution in [0.5, 0.6) is 11.5 Å². The Morgan fingerprint density at radius 1 is 1.11 bits per heavy atom. The topological polar surface area (TPSA) is 59.6 Å². The zero-order valence-electron chi connectivity index (χ0n) is 15.6. The van der Waals surface area contributed by atoms with Crippen LogP contribution in [0.3, 0.4) is 0 Å². The maximum Gasteiger partial charge on any atom is 0.234 e. The second kappa shape index (κ2) is 10.4. The lowest BCUT2D eigenvalue weighted by Crippen LogP contribution is -2.37. The third-order valence-electron chi connectivity index (χ3n) is 3.69. The second-order valence-corrected chi connectivity index (χ2v) is 7.18. The number of nitrogens with one attached hydrogen (secondary N) is 2. The molecule has 27 heavy (non-hydrogen) atoms. The summed E-state index contributed by atoms with van der Waals surface area (Å²) in [5.74, 6) is 1.20. The molecule has 0 heterocycles. The van der Waals surface area contributed by atoms with Crippen LogP contribution < -0.4 is 20.1 Å². The number of methoxy groups -OCH3 is 1. The molecule has 0 spiro atoms. The number of hydrogen-bond donors (Lipinski definition) is 2. The summed E-state index contributed by atoms with van der Waals surface area (Å²) >= 11 is 12.1. The zero-order valence-corrected chi connectivity index (χ0v) is 17.2. The van der Waals surface area contributed by atoms with E-state index >= 15 is 0 Å². The Labute approximate surface area is 170 Å². The van der Waals surface area contributed by atoms with Crippen LogP contribution in [0.2, 0.25) is 10.0 Å². The number of halogens is 2. The average Bonchev–Trinajstić information content (AvgIpc) is 2.61. The fraction of sp³-hybridized carbons (Fsp3) is 0.350. The van der Waals surface area contributed by atoms with Crippen molar-refractivity contribution in [2.75, 3.05) is 13.7 Å². The first kappa shape index (κ1) is 21.4. The first-order chi connectivity index (χ1) is 12.9. The largest absolute Gasteiger partial charge is 0.493 e. The molecule has 0 aliphatic carbocycles. The molecule has 0 saturated carbocycles. The number of carbonyl (C=O) groups is 1. The van der Waals surface area contributed by atoms with Crippen molar-refractivity contribution in [3.63, 3.8) is 0 Å². The molecule has 0 fully saturated rings. The summed E-state index contributed by atoms with van der Waals surface area (Å²) in [4.78, 5) is 11.7. The van der Waals surface area contributed by atoms with E-state index in [0.717, 1.165) is 11.1 Å². The molecule has 2 rings (SSSR count). The van der Waals surface area contributed by atoms with Crippen LogP contribution in [0.1, 0.15) is 25.0 Å². The quantitative estimate of drug-likeness (QED) is 0.650. The van der Waals surface area contributed by atoms with Crippen molar-refractivity contribution in [2.45, 2.75) is 33.0 Å². The van der Waals surface area contributed by atoms with Gasteiger partial charge in [0.2, 0.25) is 5.91 Å². The van der Waals surface area contributed by atoms with Gasteiger partial charge in [0.05, 0.1) is 13.7 Å². The van der Waals surface area contributed by atoms with E-state index in [9.17, 15) is 4.79 Å². The van der Waals surface area contributed by atoms with Gasteiger partial charge in [-0.1, -0.05) is 35.3 Å². The summed E-state index contributed by atoms with van der Waals surface area (Å²) < 4.78 is 11.3. The summed E-state index contributed by atoms with van der Waals surface area (Å²) in [6.07, 6.45) is 0. The van der Waals surface area contributed by atoms with Gasteiger partial charge in [0, 0.05) is 28.2 Å². The van der Waals surface area contributed by atoms with Crippen LogP contribution >= 0.6 is 23.2 Å². The van der Waals surface area contributed by atoms with Crippen LogP contribution in [0.15, 0.2) is 36.4 Å². The van der Waals surface area contributed by atoms with Crippen molar-refractivity contribution >= 4 is 29.1 Å². The van der Waals surface area contributed by atoms with Crippen molar-refractivity contribution in [3.05, 3.63) is 57.6 Å². The third kappa shape index (κ3) is 6.94. The number of hydrogen-bond acceptors (Lipinski definition) is 4. The summed E-state index contributed by atoms with van der Waals surface area (Å²) in [6, 6.07) is 11.1. The minimum atomic E-state index is -0.0308. The zero-order chi connectivity index (χ0) is 19.8. The Bertz CT molecular complexity index is 782. The molecule has 7 heteroatoms. The first-order valence-electron chi connectivity index (χ1n) is 8.62. The highest BCUT2D eigenvalue weighted by molar-refractivity contribution is 6.35. The smallest absolute Gasteiger partial charge is 0.234 e. The average molecular weight is 411 g/mol. The predicted molar refractivity (Wildman–Crippen MR) is 109 cm³/mol. The Morgan fingerprint density at radius 3 is 2.56 bits per heavy atom. The Hall–Kier alpha value is -1.95. The standard InChI is InChI=1S/C20H24Cl2N2O3/c1-13(2)24-20(25)11-23-10-14-4-7-18(19(8-14)26-3)27-12-15-5-6-16(21)9-17(15)22/h4-9,13,23H,10-12H2,1-3H3,(H,24,25). The number of amides is 1. The summed E-state index contributed by atoms with van der Waals surface area (Å²) in [7, 11) is 1.59. The molecule has 0 saturated heterocycles. The van der Waals surface area contributed by atoms with Crippen molar-refractivity contribution in [2.24, 2.45) is 0 Å². The monoisotopic (exact) mass is 410 g/mol. The molecular formula is C20H24Cl2N2O3. The molecule has 2 aromatic carbocycles. The lowest BCUT2D eigenvalue weighted by molar-refractivity contribution is -0.120. The molecule has 0 aliphatic rings. The summed E-state index contributed by atoms with van der Waals surface area (Å²) in [6.45, 7) is 4.97. The molecule has 0 aromatic heterocycles. The van der Waals surface area contributed by atoms with E-state index in [1.165, 1.54) is 0 Å². The van der Waals surface area contributed by atoms with Crippen LogP contribution in [0.25, 0.3) is 0 Å². The number of rotatable bonds is 9. The molecule has 0 atom stereocenters. The second-order valence-electron chi connectivity index (χ2n) is 6.34. The van der Waals surface area contributed by atoms with E-state index in [1.807, 2.05) is 38.1 Å². The van der Waals surface area contributed by atoms with Crippen LogP contribution in [-0.4, -0.2) is 25.6 Å². The van der Waals surface area contributed by atoms with Gasteiger partial charge in [-0.25, -0.2) is 0 Å². The number of ether oxygens (including phenoxy) is 2. The number of carbonyl (C=O) groups excluding carboxylic acids is 1. The Kier molecular flexibility index (Phi) is 8.23. The molecular weight excluding hydrogens is 387 g/mol. The summed E-state index contributed by atoms with van der Waals surface area (Å²) in [5, 5.41) is 7.09. The van der Waals surface area contributed by atoms with Crippen molar-refractivity contribution < 1.29 is 14.3 Å². The maximum absolute atomic E-state index is 11.7. The van der Waals surface area contributed by atoms with E-state index in [0.29, 0.717) is 34.7 Å². The van der Waals surface area contributed by atoms with Crippen molar-refractivity contribution in [1.82, 2.24) is 10.6 Å².